The molecular weight excluding hydrogens is 284 g/mol. The van der Waals surface area contributed by atoms with E-state index in [0.717, 1.165) is 18.4 Å². The fourth-order valence-electron chi connectivity index (χ4n) is 2.18. The van der Waals surface area contributed by atoms with Gasteiger partial charge in [-0.25, -0.2) is 13.1 Å². The molecule has 0 amide bonds. The average Bonchev–Trinajstić information content (AvgIpc) is 3.10. The van der Waals surface area contributed by atoms with Crippen LogP contribution < -0.4 is 10.5 Å². The molecule has 0 saturated heterocycles. The molecule has 1 aromatic rings. The minimum absolute atomic E-state index is 0.111. The maximum Gasteiger partial charge on any atom is 0.242 e. The normalized spacial score (nSPS) is 16.6. The Morgan fingerprint density at radius 1 is 1.42 bits per heavy atom. The van der Waals surface area contributed by atoms with E-state index >= 15 is 0 Å². The zero-order valence-electron chi connectivity index (χ0n) is 11.1. The minimum atomic E-state index is -3.60. The van der Waals surface area contributed by atoms with E-state index < -0.39 is 15.6 Å². The summed E-state index contributed by atoms with van der Waals surface area (Å²) < 4.78 is 27.5. The van der Waals surface area contributed by atoms with Crippen molar-refractivity contribution in [2.45, 2.75) is 43.7 Å². The quantitative estimate of drug-likeness (QED) is 0.876. The van der Waals surface area contributed by atoms with Crippen molar-refractivity contribution in [2.75, 3.05) is 0 Å². The highest BCUT2D eigenvalue weighted by Crippen LogP contribution is 2.40. The van der Waals surface area contributed by atoms with Crippen molar-refractivity contribution in [1.29, 1.82) is 0 Å². The second kappa shape index (κ2) is 5.05. The van der Waals surface area contributed by atoms with Crippen LogP contribution in [0.5, 0.6) is 0 Å². The molecule has 1 aromatic carbocycles. The van der Waals surface area contributed by atoms with E-state index in [2.05, 4.69) is 4.72 Å². The van der Waals surface area contributed by atoms with Gasteiger partial charge >= 0.3 is 0 Å². The highest BCUT2D eigenvalue weighted by Gasteiger charge is 2.40. The molecule has 0 unspecified atom stereocenters. The van der Waals surface area contributed by atoms with Gasteiger partial charge in [0.1, 0.15) is 4.90 Å². The van der Waals surface area contributed by atoms with Crippen LogP contribution >= 0.6 is 11.6 Å². The number of nitrogens with one attached hydrogen (secondary N) is 1. The molecule has 3 N–H and O–H groups in total. The molecular formula is C13H19ClN2O2S. The molecule has 1 aliphatic carbocycles. The fourth-order valence-corrected chi connectivity index (χ4v) is 4.22. The third-order valence-electron chi connectivity index (χ3n) is 3.52. The number of benzene rings is 1. The summed E-state index contributed by atoms with van der Waals surface area (Å²) in [6, 6.07) is 4.79. The smallest absolute Gasteiger partial charge is 0.242 e. The van der Waals surface area contributed by atoms with Crippen molar-refractivity contribution in [3.63, 3.8) is 0 Å². The zero-order valence-corrected chi connectivity index (χ0v) is 12.7. The van der Waals surface area contributed by atoms with E-state index in [9.17, 15) is 8.42 Å². The van der Waals surface area contributed by atoms with Gasteiger partial charge in [-0.15, -0.1) is 0 Å². The molecule has 0 bridgehead atoms. The predicted molar refractivity (Wildman–Crippen MR) is 76.5 cm³/mol. The number of nitrogens with two attached hydrogens (primary N) is 1. The summed E-state index contributed by atoms with van der Waals surface area (Å²) in [6.45, 7) is 4.15. The third-order valence-corrected chi connectivity index (χ3v) is 5.67. The molecule has 1 saturated carbocycles. The van der Waals surface area contributed by atoms with Gasteiger partial charge in [-0.05, 0) is 50.3 Å². The molecule has 0 aromatic heterocycles. The summed E-state index contributed by atoms with van der Waals surface area (Å²) in [7, 11) is -3.60. The Morgan fingerprint density at radius 2 is 2.05 bits per heavy atom. The summed E-state index contributed by atoms with van der Waals surface area (Å²) in [5.74, 6) is 0.407. The number of hydrogen-bond donors (Lipinski definition) is 2. The number of rotatable bonds is 5. The highest BCUT2D eigenvalue weighted by atomic mass is 35.5. The van der Waals surface area contributed by atoms with Gasteiger partial charge in [-0.1, -0.05) is 17.7 Å². The molecule has 4 nitrogen and oxygen atoms in total. The standard InChI is InChI=1S/C13H19ClN2O2S/c1-13(2,10-4-5-10)16-19(17,18)12-6-3-9(8-15)7-11(12)14/h3,6-7,10,16H,4-5,8,15H2,1-2H3. The molecule has 2 rings (SSSR count). The Hall–Kier alpha value is -0.620. The van der Waals surface area contributed by atoms with Gasteiger partial charge in [0.15, 0.2) is 0 Å². The van der Waals surface area contributed by atoms with Gasteiger partial charge in [0.25, 0.3) is 0 Å². The molecule has 0 heterocycles. The first-order valence-corrected chi connectivity index (χ1v) is 8.15. The lowest BCUT2D eigenvalue weighted by Crippen LogP contribution is -2.45. The van der Waals surface area contributed by atoms with E-state index in [-0.39, 0.29) is 9.92 Å². The second-order valence-electron chi connectivity index (χ2n) is 5.57. The Kier molecular flexibility index (Phi) is 3.93. The zero-order chi connectivity index (χ0) is 14.3. The fraction of sp³-hybridized carbons (Fsp3) is 0.538. The van der Waals surface area contributed by atoms with Crippen molar-refractivity contribution >= 4 is 21.6 Å². The molecule has 0 spiro atoms. The molecule has 1 aliphatic rings. The van der Waals surface area contributed by atoms with Crippen LogP contribution in [-0.4, -0.2) is 14.0 Å². The average molecular weight is 303 g/mol. The van der Waals surface area contributed by atoms with Gasteiger partial charge in [0, 0.05) is 12.1 Å². The van der Waals surface area contributed by atoms with Gasteiger partial charge in [-0.3, -0.25) is 0 Å². The van der Waals surface area contributed by atoms with Gasteiger partial charge in [0.05, 0.1) is 5.02 Å². The Labute approximate surface area is 119 Å². The first-order valence-electron chi connectivity index (χ1n) is 6.29. The van der Waals surface area contributed by atoms with Gasteiger partial charge in [-0.2, -0.15) is 0 Å². The summed E-state index contributed by atoms with van der Waals surface area (Å²) in [5, 5.41) is 0.210. The Morgan fingerprint density at radius 3 is 2.53 bits per heavy atom. The van der Waals surface area contributed by atoms with Crippen LogP contribution in [0.2, 0.25) is 5.02 Å². The van der Waals surface area contributed by atoms with E-state index in [1.165, 1.54) is 6.07 Å². The lowest BCUT2D eigenvalue weighted by molar-refractivity contribution is 0.400. The van der Waals surface area contributed by atoms with E-state index in [1.54, 1.807) is 12.1 Å². The molecule has 0 atom stereocenters. The van der Waals surface area contributed by atoms with Crippen molar-refractivity contribution in [2.24, 2.45) is 11.7 Å². The summed E-state index contributed by atoms with van der Waals surface area (Å²) in [5.41, 5.74) is 5.88. The maximum atomic E-state index is 12.4. The summed E-state index contributed by atoms with van der Waals surface area (Å²) >= 11 is 6.04. The number of sulfonamides is 1. The Bertz CT molecular complexity index is 580. The molecule has 0 radical (unpaired) electrons. The van der Waals surface area contributed by atoms with Crippen molar-refractivity contribution in [3.8, 4) is 0 Å². The van der Waals surface area contributed by atoms with Gasteiger partial charge < -0.3 is 5.73 Å². The van der Waals surface area contributed by atoms with Crippen LogP contribution in [0.1, 0.15) is 32.3 Å². The van der Waals surface area contributed by atoms with E-state index in [4.69, 9.17) is 17.3 Å². The lowest BCUT2D eigenvalue weighted by atomic mass is 10.0. The number of halogens is 1. The summed E-state index contributed by atoms with van der Waals surface area (Å²) in [6.07, 6.45) is 2.13. The first-order chi connectivity index (χ1) is 8.76. The molecule has 0 aliphatic heterocycles. The number of hydrogen-bond acceptors (Lipinski definition) is 3. The van der Waals surface area contributed by atoms with Gasteiger partial charge in [0.2, 0.25) is 10.0 Å². The minimum Gasteiger partial charge on any atom is -0.326 e. The summed E-state index contributed by atoms with van der Waals surface area (Å²) in [4.78, 5) is 0.111. The van der Waals surface area contributed by atoms with Crippen LogP contribution in [0.3, 0.4) is 0 Å². The predicted octanol–water partition coefficient (Wildman–Crippen LogP) is 2.27. The molecule has 1 fully saturated rings. The van der Waals surface area contributed by atoms with Crippen LogP contribution in [0.4, 0.5) is 0 Å². The van der Waals surface area contributed by atoms with Crippen LogP contribution in [0, 0.1) is 5.92 Å². The van der Waals surface area contributed by atoms with Crippen LogP contribution in [0.25, 0.3) is 0 Å². The maximum absolute atomic E-state index is 12.4. The van der Waals surface area contributed by atoms with Crippen molar-refractivity contribution < 1.29 is 8.42 Å². The first kappa shape index (κ1) is 14.8. The van der Waals surface area contributed by atoms with Crippen molar-refractivity contribution in [3.05, 3.63) is 28.8 Å². The van der Waals surface area contributed by atoms with Crippen LogP contribution in [-0.2, 0) is 16.6 Å². The topological polar surface area (TPSA) is 72.2 Å². The lowest BCUT2D eigenvalue weighted by Gasteiger charge is -2.26. The third kappa shape index (κ3) is 3.28. The molecule has 106 valence electrons. The van der Waals surface area contributed by atoms with E-state index in [1.807, 2.05) is 13.8 Å². The largest absolute Gasteiger partial charge is 0.326 e. The molecule has 6 heteroatoms. The highest BCUT2D eigenvalue weighted by molar-refractivity contribution is 7.89. The van der Waals surface area contributed by atoms with Crippen LogP contribution in [0.15, 0.2) is 23.1 Å². The monoisotopic (exact) mass is 302 g/mol. The van der Waals surface area contributed by atoms with Crippen molar-refractivity contribution in [1.82, 2.24) is 4.72 Å². The SMILES string of the molecule is CC(C)(NS(=O)(=O)c1ccc(CN)cc1Cl)C1CC1. The molecule has 19 heavy (non-hydrogen) atoms. The Balaban J connectivity index is 2.29. The van der Waals surface area contributed by atoms with E-state index in [0.29, 0.717) is 12.5 Å². The second-order valence-corrected chi connectivity index (χ2v) is 7.63.